The number of hydrogen-bond acceptors (Lipinski definition) is 5. The smallest absolute Gasteiger partial charge is 0.313 e. The van der Waals surface area contributed by atoms with Gasteiger partial charge in [-0.25, -0.2) is 19.7 Å². The summed E-state index contributed by atoms with van der Waals surface area (Å²) in [7, 11) is 1.58. The number of rotatable bonds is 3. The van der Waals surface area contributed by atoms with E-state index >= 15 is 0 Å². The van der Waals surface area contributed by atoms with Gasteiger partial charge in [0.05, 0.1) is 19.4 Å². The van der Waals surface area contributed by atoms with Crippen LogP contribution in [0.25, 0.3) is 11.2 Å². The number of nitrogens with zero attached hydrogens (tertiary/aromatic N) is 6. The third-order valence-corrected chi connectivity index (χ3v) is 3.67. The number of hydrogen-bond donors (Lipinski definition) is 0. The van der Waals surface area contributed by atoms with Crippen molar-refractivity contribution in [1.29, 1.82) is 0 Å². The lowest BCUT2D eigenvalue weighted by Gasteiger charge is -2.08. The topological polar surface area (TPSA) is 87.6 Å². The average molecular weight is 324 g/mol. The van der Waals surface area contributed by atoms with Crippen molar-refractivity contribution in [3.05, 3.63) is 50.9 Å². The summed E-state index contributed by atoms with van der Waals surface area (Å²) in [4.78, 5) is 37.9. The number of aromatic nitrogens is 6. The Kier molecular flexibility index (Phi) is 4.00. The molecule has 0 bridgehead atoms. The van der Waals surface area contributed by atoms with Crippen LogP contribution in [0, 0.1) is 18.8 Å². The molecular formula is C16H16N6O2. The first-order valence-electron chi connectivity index (χ1n) is 7.35. The minimum Gasteiger partial charge on any atom is -0.313 e. The van der Waals surface area contributed by atoms with Gasteiger partial charge in [0, 0.05) is 18.9 Å². The fraction of sp³-hybridized carbons (Fsp3) is 0.312. The summed E-state index contributed by atoms with van der Waals surface area (Å²) < 4.78 is 4.11. The van der Waals surface area contributed by atoms with E-state index in [0.717, 1.165) is 10.3 Å². The lowest BCUT2D eigenvalue weighted by molar-refractivity contribution is 0.631. The summed E-state index contributed by atoms with van der Waals surface area (Å²) in [5.74, 6) is 6.08. The van der Waals surface area contributed by atoms with Gasteiger partial charge in [-0.05, 0) is 19.9 Å². The summed E-state index contributed by atoms with van der Waals surface area (Å²) in [6.07, 6.45) is 3.12. The Hall–Kier alpha value is -3.21. The Morgan fingerprint density at radius 2 is 2.04 bits per heavy atom. The highest BCUT2D eigenvalue weighted by molar-refractivity contribution is 5.70. The molecule has 0 aliphatic carbocycles. The van der Waals surface area contributed by atoms with Crippen LogP contribution in [0.15, 0.2) is 28.2 Å². The van der Waals surface area contributed by atoms with Crippen LogP contribution >= 0.6 is 0 Å². The van der Waals surface area contributed by atoms with E-state index in [-0.39, 0.29) is 6.54 Å². The lowest BCUT2D eigenvalue weighted by Crippen LogP contribution is -2.40. The molecule has 0 saturated carbocycles. The summed E-state index contributed by atoms with van der Waals surface area (Å²) in [5, 5.41) is 0. The molecule has 8 nitrogen and oxygen atoms in total. The van der Waals surface area contributed by atoms with Gasteiger partial charge in [-0.2, -0.15) is 0 Å². The van der Waals surface area contributed by atoms with Crippen LogP contribution < -0.4 is 11.2 Å². The fourth-order valence-electron chi connectivity index (χ4n) is 2.46. The summed E-state index contributed by atoms with van der Waals surface area (Å²) in [5.41, 5.74) is 0.573. The molecule has 122 valence electrons. The number of imidazole rings is 1. The van der Waals surface area contributed by atoms with Gasteiger partial charge in [0.25, 0.3) is 5.56 Å². The van der Waals surface area contributed by atoms with Crippen LogP contribution in [-0.4, -0.2) is 28.7 Å². The normalized spacial score (nSPS) is 10.6. The second-order valence-electron chi connectivity index (χ2n) is 5.32. The maximum Gasteiger partial charge on any atom is 0.332 e. The summed E-state index contributed by atoms with van der Waals surface area (Å²) in [6, 6.07) is 1.76. The standard InChI is InChI=1S/C16H16N6O2/c1-4-5-8-21-10-18-14-13(21)15(23)22(16(24)20(14)3)9-12-17-7-6-11(2)19-12/h6-7,10H,8-9H2,1-3H3. The van der Waals surface area contributed by atoms with Crippen LogP contribution in [0.1, 0.15) is 18.4 Å². The molecule has 0 saturated heterocycles. The van der Waals surface area contributed by atoms with E-state index in [2.05, 4.69) is 26.8 Å². The monoisotopic (exact) mass is 324 g/mol. The van der Waals surface area contributed by atoms with Gasteiger partial charge < -0.3 is 4.57 Å². The first kappa shape index (κ1) is 15.7. The molecule has 8 heteroatoms. The van der Waals surface area contributed by atoms with Crippen molar-refractivity contribution < 1.29 is 0 Å². The highest BCUT2D eigenvalue weighted by Gasteiger charge is 2.16. The molecule has 0 radical (unpaired) electrons. The van der Waals surface area contributed by atoms with Crippen LogP contribution in [0.4, 0.5) is 0 Å². The molecule has 3 aromatic rings. The van der Waals surface area contributed by atoms with Crippen LogP contribution in [0.3, 0.4) is 0 Å². The molecule has 0 unspecified atom stereocenters. The minimum absolute atomic E-state index is 0.00770. The minimum atomic E-state index is -0.454. The molecule has 3 heterocycles. The molecule has 0 aromatic carbocycles. The Labute approximate surface area is 137 Å². The maximum absolute atomic E-state index is 12.8. The van der Waals surface area contributed by atoms with Crippen molar-refractivity contribution in [1.82, 2.24) is 28.7 Å². The molecule has 0 atom stereocenters. The first-order valence-corrected chi connectivity index (χ1v) is 7.35. The molecule has 0 spiro atoms. The molecular weight excluding hydrogens is 308 g/mol. The Balaban J connectivity index is 2.22. The molecule has 0 aliphatic heterocycles. The summed E-state index contributed by atoms with van der Waals surface area (Å²) in [6.45, 7) is 3.89. The van der Waals surface area contributed by atoms with Crippen molar-refractivity contribution in [3.8, 4) is 11.8 Å². The van der Waals surface area contributed by atoms with Crippen LogP contribution in [0.5, 0.6) is 0 Å². The molecule has 3 aromatic heterocycles. The summed E-state index contributed by atoms with van der Waals surface area (Å²) >= 11 is 0. The first-order chi connectivity index (χ1) is 11.5. The van der Waals surface area contributed by atoms with Crippen molar-refractivity contribution in [2.75, 3.05) is 0 Å². The van der Waals surface area contributed by atoms with Crippen LogP contribution in [0.2, 0.25) is 0 Å². The second kappa shape index (κ2) is 6.12. The van der Waals surface area contributed by atoms with Gasteiger partial charge in [0.1, 0.15) is 5.82 Å². The van der Waals surface area contributed by atoms with Gasteiger partial charge in [0.15, 0.2) is 11.2 Å². The highest BCUT2D eigenvalue weighted by atomic mass is 16.2. The van der Waals surface area contributed by atoms with Crippen molar-refractivity contribution in [2.24, 2.45) is 7.05 Å². The largest absolute Gasteiger partial charge is 0.332 e. The number of fused-ring (bicyclic) bond motifs is 1. The van der Waals surface area contributed by atoms with E-state index in [1.165, 1.54) is 10.9 Å². The van der Waals surface area contributed by atoms with E-state index in [0.29, 0.717) is 23.5 Å². The molecule has 0 N–H and O–H groups in total. The Bertz CT molecular complexity index is 1090. The number of aryl methyl sites for hydroxylation is 2. The SMILES string of the molecule is CC#CCn1cnc2c1c(=O)n(Cc1nccc(C)n1)c(=O)n2C. The zero-order valence-electron chi connectivity index (χ0n) is 13.6. The van der Waals surface area contributed by atoms with Crippen molar-refractivity contribution in [2.45, 2.75) is 26.9 Å². The van der Waals surface area contributed by atoms with Gasteiger partial charge in [-0.1, -0.05) is 5.92 Å². The highest BCUT2D eigenvalue weighted by Crippen LogP contribution is 2.05. The molecule has 0 amide bonds. The Morgan fingerprint density at radius 3 is 2.75 bits per heavy atom. The second-order valence-corrected chi connectivity index (χ2v) is 5.32. The van der Waals surface area contributed by atoms with Gasteiger partial charge in [0.2, 0.25) is 0 Å². The van der Waals surface area contributed by atoms with E-state index in [1.54, 1.807) is 30.8 Å². The predicted octanol–water partition coefficient (Wildman–Crippen LogP) is 0.0667. The van der Waals surface area contributed by atoms with Crippen LogP contribution in [-0.2, 0) is 20.1 Å². The zero-order valence-corrected chi connectivity index (χ0v) is 13.6. The molecule has 0 fully saturated rings. The fourth-order valence-corrected chi connectivity index (χ4v) is 2.46. The van der Waals surface area contributed by atoms with E-state index in [4.69, 9.17) is 0 Å². The van der Waals surface area contributed by atoms with Gasteiger partial charge in [-0.3, -0.25) is 13.9 Å². The predicted molar refractivity (Wildman–Crippen MR) is 88.6 cm³/mol. The van der Waals surface area contributed by atoms with Crippen molar-refractivity contribution in [3.63, 3.8) is 0 Å². The van der Waals surface area contributed by atoms with Crippen molar-refractivity contribution >= 4 is 11.2 Å². The quantitative estimate of drug-likeness (QED) is 0.636. The van der Waals surface area contributed by atoms with E-state index in [1.807, 2.05) is 6.92 Å². The van der Waals surface area contributed by atoms with E-state index in [9.17, 15) is 9.59 Å². The molecule has 0 aliphatic rings. The van der Waals surface area contributed by atoms with E-state index < -0.39 is 11.2 Å². The average Bonchev–Trinajstić information content (AvgIpc) is 2.99. The van der Waals surface area contributed by atoms with Gasteiger partial charge in [-0.15, -0.1) is 5.92 Å². The molecule has 24 heavy (non-hydrogen) atoms. The Morgan fingerprint density at radius 1 is 1.25 bits per heavy atom. The third-order valence-electron chi connectivity index (χ3n) is 3.67. The molecule has 3 rings (SSSR count). The third kappa shape index (κ3) is 2.60. The zero-order chi connectivity index (χ0) is 17.3. The maximum atomic E-state index is 12.8. The van der Waals surface area contributed by atoms with Gasteiger partial charge >= 0.3 is 5.69 Å². The lowest BCUT2D eigenvalue weighted by atomic mass is 10.4.